The highest BCUT2D eigenvalue weighted by Gasteiger charge is 2.09. The zero-order valence-electron chi connectivity index (χ0n) is 15.5. The van der Waals surface area contributed by atoms with Crippen molar-refractivity contribution in [1.82, 2.24) is 5.32 Å². The van der Waals surface area contributed by atoms with Crippen LogP contribution in [0.5, 0.6) is 23.0 Å². The quantitative estimate of drug-likeness (QED) is 0.556. The molecule has 0 radical (unpaired) electrons. The predicted octanol–water partition coefficient (Wildman–Crippen LogP) is 2.33. The van der Waals surface area contributed by atoms with E-state index in [2.05, 4.69) is 10.3 Å². The average Bonchev–Trinajstić information content (AvgIpc) is 2.69. The maximum Gasteiger partial charge on any atom is 0.189 e. The highest BCUT2D eigenvalue weighted by atomic mass is 16.5. The summed E-state index contributed by atoms with van der Waals surface area (Å²) in [5, 5.41) is 3.08. The van der Waals surface area contributed by atoms with Gasteiger partial charge in [-0.25, -0.2) is 4.99 Å². The second-order valence-electron chi connectivity index (χ2n) is 5.40. The SMILES string of the molecule is COc1ccc(CN=C(N)NCc2cccc(OC)c2OC)cc1OC. The largest absolute Gasteiger partial charge is 0.493 e. The summed E-state index contributed by atoms with van der Waals surface area (Å²) in [6, 6.07) is 11.3. The molecule has 0 aliphatic heterocycles. The minimum absolute atomic E-state index is 0.338. The molecule has 0 aliphatic rings. The van der Waals surface area contributed by atoms with Crippen LogP contribution in [-0.2, 0) is 13.1 Å². The Hall–Kier alpha value is -3.09. The Morgan fingerprint density at radius 1 is 0.923 bits per heavy atom. The van der Waals surface area contributed by atoms with E-state index in [1.165, 1.54) is 0 Å². The van der Waals surface area contributed by atoms with E-state index >= 15 is 0 Å². The summed E-state index contributed by atoms with van der Waals surface area (Å²) in [5.74, 6) is 3.02. The van der Waals surface area contributed by atoms with Crippen LogP contribution in [0, 0.1) is 0 Å². The molecule has 0 aromatic heterocycles. The fourth-order valence-corrected chi connectivity index (χ4v) is 2.49. The second-order valence-corrected chi connectivity index (χ2v) is 5.40. The van der Waals surface area contributed by atoms with Crippen LogP contribution in [0.2, 0.25) is 0 Å². The first-order valence-electron chi connectivity index (χ1n) is 8.07. The summed E-state index contributed by atoms with van der Waals surface area (Å²) in [7, 11) is 6.41. The van der Waals surface area contributed by atoms with Gasteiger partial charge in [0.05, 0.1) is 35.0 Å². The van der Waals surface area contributed by atoms with Crippen molar-refractivity contribution in [3.63, 3.8) is 0 Å². The molecule has 0 atom stereocenters. The molecule has 7 heteroatoms. The summed E-state index contributed by atoms with van der Waals surface area (Å²) < 4.78 is 21.2. The molecule has 140 valence electrons. The highest BCUT2D eigenvalue weighted by Crippen LogP contribution is 2.30. The lowest BCUT2D eigenvalue weighted by atomic mass is 10.2. The number of para-hydroxylation sites is 1. The molecule has 0 bridgehead atoms. The van der Waals surface area contributed by atoms with Gasteiger partial charge in [0.2, 0.25) is 0 Å². The Bertz CT molecular complexity index is 762. The molecular formula is C19H25N3O4. The number of nitrogens with zero attached hydrogens (tertiary/aromatic N) is 1. The van der Waals surface area contributed by atoms with Gasteiger partial charge in [-0.1, -0.05) is 18.2 Å². The molecule has 0 saturated heterocycles. The van der Waals surface area contributed by atoms with E-state index in [1.54, 1.807) is 28.4 Å². The zero-order valence-corrected chi connectivity index (χ0v) is 15.5. The van der Waals surface area contributed by atoms with E-state index < -0.39 is 0 Å². The normalized spacial score (nSPS) is 11.0. The van der Waals surface area contributed by atoms with Gasteiger partial charge in [-0.3, -0.25) is 0 Å². The standard InChI is InChI=1S/C19H25N3O4/c1-23-15-9-8-13(10-17(15)25-3)11-21-19(20)22-12-14-6-5-7-16(24-2)18(14)26-4/h5-10H,11-12H2,1-4H3,(H3,20,21,22). The van der Waals surface area contributed by atoms with Crippen molar-refractivity contribution in [1.29, 1.82) is 0 Å². The number of nitrogens with two attached hydrogens (primary N) is 1. The number of ether oxygens (including phenoxy) is 4. The molecule has 7 nitrogen and oxygen atoms in total. The molecule has 3 N–H and O–H groups in total. The summed E-state index contributed by atoms with van der Waals surface area (Å²) in [4.78, 5) is 4.35. The Kier molecular flexibility index (Phi) is 6.96. The van der Waals surface area contributed by atoms with Crippen molar-refractivity contribution in [2.24, 2.45) is 10.7 Å². The number of benzene rings is 2. The fourth-order valence-electron chi connectivity index (χ4n) is 2.49. The lowest BCUT2D eigenvalue weighted by Crippen LogP contribution is -2.31. The number of nitrogens with one attached hydrogen (secondary N) is 1. The van der Waals surface area contributed by atoms with Gasteiger partial charge in [0, 0.05) is 12.1 Å². The number of hydrogen-bond donors (Lipinski definition) is 2. The van der Waals surface area contributed by atoms with Gasteiger partial charge in [0.15, 0.2) is 29.0 Å². The molecule has 0 spiro atoms. The van der Waals surface area contributed by atoms with Crippen LogP contribution >= 0.6 is 0 Å². The Balaban J connectivity index is 2.01. The van der Waals surface area contributed by atoms with Crippen LogP contribution in [0.4, 0.5) is 0 Å². The second kappa shape index (κ2) is 9.41. The van der Waals surface area contributed by atoms with Gasteiger partial charge in [-0.15, -0.1) is 0 Å². The zero-order chi connectivity index (χ0) is 18.9. The molecule has 26 heavy (non-hydrogen) atoms. The number of methoxy groups -OCH3 is 4. The first-order chi connectivity index (χ1) is 12.6. The van der Waals surface area contributed by atoms with Gasteiger partial charge >= 0.3 is 0 Å². The van der Waals surface area contributed by atoms with Gasteiger partial charge in [0.1, 0.15) is 0 Å². The number of hydrogen-bond acceptors (Lipinski definition) is 5. The predicted molar refractivity (Wildman–Crippen MR) is 101 cm³/mol. The van der Waals surface area contributed by atoms with E-state index in [0.29, 0.717) is 42.0 Å². The smallest absolute Gasteiger partial charge is 0.189 e. The highest BCUT2D eigenvalue weighted by molar-refractivity contribution is 5.78. The maximum atomic E-state index is 5.97. The number of guanidine groups is 1. The van der Waals surface area contributed by atoms with Gasteiger partial charge in [0.25, 0.3) is 0 Å². The minimum atomic E-state index is 0.338. The Morgan fingerprint density at radius 3 is 2.31 bits per heavy atom. The number of rotatable bonds is 8. The summed E-state index contributed by atoms with van der Waals surface area (Å²) in [6.07, 6.45) is 0. The molecule has 0 saturated carbocycles. The van der Waals surface area contributed by atoms with Gasteiger partial charge in [-0.2, -0.15) is 0 Å². The lowest BCUT2D eigenvalue weighted by molar-refractivity contribution is 0.351. The monoisotopic (exact) mass is 359 g/mol. The summed E-state index contributed by atoms with van der Waals surface area (Å²) in [6.45, 7) is 0.899. The lowest BCUT2D eigenvalue weighted by Gasteiger charge is -2.13. The van der Waals surface area contributed by atoms with E-state index in [1.807, 2.05) is 36.4 Å². The van der Waals surface area contributed by atoms with Crippen LogP contribution in [0.3, 0.4) is 0 Å². The van der Waals surface area contributed by atoms with Crippen molar-refractivity contribution in [3.8, 4) is 23.0 Å². The molecule has 0 unspecified atom stereocenters. The molecule has 0 heterocycles. The Labute approximate surface area is 153 Å². The van der Waals surface area contributed by atoms with Crippen LogP contribution in [0.1, 0.15) is 11.1 Å². The first-order valence-corrected chi connectivity index (χ1v) is 8.07. The van der Waals surface area contributed by atoms with Crippen LogP contribution in [-0.4, -0.2) is 34.4 Å². The molecule has 0 aliphatic carbocycles. The van der Waals surface area contributed by atoms with Crippen molar-refractivity contribution < 1.29 is 18.9 Å². The van der Waals surface area contributed by atoms with Gasteiger partial charge in [-0.05, 0) is 23.8 Å². The van der Waals surface area contributed by atoms with Crippen LogP contribution in [0.15, 0.2) is 41.4 Å². The summed E-state index contributed by atoms with van der Waals surface area (Å²) >= 11 is 0. The van der Waals surface area contributed by atoms with E-state index in [0.717, 1.165) is 11.1 Å². The first kappa shape index (κ1) is 19.2. The molecule has 2 aromatic carbocycles. The van der Waals surface area contributed by atoms with Crippen molar-refractivity contribution in [3.05, 3.63) is 47.5 Å². The average molecular weight is 359 g/mol. The third-order valence-corrected chi connectivity index (χ3v) is 3.82. The van der Waals surface area contributed by atoms with Crippen LogP contribution in [0.25, 0.3) is 0 Å². The summed E-state index contributed by atoms with van der Waals surface area (Å²) in [5.41, 5.74) is 7.86. The minimum Gasteiger partial charge on any atom is -0.493 e. The molecular weight excluding hydrogens is 334 g/mol. The number of aliphatic imine (C=N–C) groups is 1. The van der Waals surface area contributed by atoms with Crippen molar-refractivity contribution >= 4 is 5.96 Å². The maximum absolute atomic E-state index is 5.97. The third kappa shape index (κ3) is 4.72. The molecule has 2 aromatic rings. The van der Waals surface area contributed by atoms with Gasteiger partial charge < -0.3 is 30.0 Å². The van der Waals surface area contributed by atoms with E-state index in [9.17, 15) is 0 Å². The van der Waals surface area contributed by atoms with Crippen molar-refractivity contribution in [2.45, 2.75) is 13.1 Å². The van der Waals surface area contributed by atoms with Crippen LogP contribution < -0.4 is 30.0 Å². The Morgan fingerprint density at radius 2 is 1.65 bits per heavy atom. The van der Waals surface area contributed by atoms with Crippen molar-refractivity contribution in [2.75, 3.05) is 28.4 Å². The molecule has 0 amide bonds. The topological polar surface area (TPSA) is 87.3 Å². The third-order valence-electron chi connectivity index (χ3n) is 3.82. The van der Waals surface area contributed by atoms with E-state index in [4.69, 9.17) is 24.7 Å². The molecule has 0 fully saturated rings. The fraction of sp³-hybridized carbons (Fsp3) is 0.316. The molecule has 2 rings (SSSR count). The van der Waals surface area contributed by atoms with E-state index in [-0.39, 0.29) is 0 Å².